The highest BCUT2D eigenvalue weighted by Gasteiger charge is 2.32. The molecule has 0 fully saturated rings. The molecule has 0 saturated heterocycles. The van der Waals surface area contributed by atoms with Crippen LogP contribution in [-0.4, -0.2) is 45.0 Å². The van der Waals surface area contributed by atoms with Crippen LogP contribution in [-0.2, 0) is 30.5 Å². The molecule has 1 aliphatic heterocycles. The number of amides is 1. The summed E-state index contributed by atoms with van der Waals surface area (Å²) in [7, 11) is 1.69. The molecule has 1 amide bonds. The minimum atomic E-state index is -0.548. The first kappa shape index (κ1) is 24.9. The second-order valence-electron chi connectivity index (χ2n) is 10.6. The number of benzene rings is 2. The number of aryl methyl sites for hydroxylation is 2. The van der Waals surface area contributed by atoms with Gasteiger partial charge in [-0.3, -0.25) is 0 Å². The lowest BCUT2D eigenvalue weighted by Crippen LogP contribution is -2.39. The fourth-order valence-electron chi connectivity index (χ4n) is 5.29. The van der Waals surface area contributed by atoms with Gasteiger partial charge in [-0.05, 0) is 62.9 Å². The number of rotatable bonds is 5. The molecule has 2 aromatic carbocycles. The molecule has 194 valence electrons. The van der Waals surface area contributed by atoms with E-state index in [0.717, 1.165) is 57.7 Å². The Balaban J connectivity index is 1.75. The first-order chi connectivity index (χ1) is 17.8. The number of methoxy groups -OCH3 is 1. The Morgan fingerprint density at radius 1 is 1.08 bits per heavy atom. The van der Waals surface area contributed by atoms with Crippen molar-refractivity contribution in [3.63, 3.8) is 0 Å². The Bertz CT molecular complexity index is 1440. The van der Waals surface area contributed by atoms with Gasteiger partial charge in [-0.25, -0.2) is 9.48 Å². The number of carbonyl (C=O) groups is 1. The Hall–Kier alpha value is -3.74. The van der Waals surface area contributed by atoms with E-state index in [9.17, 15) is 4.79 Å². The van der Waals surface area contributed by atoms with Crippen LogP contribution >= 0.6 is 0 Å². The minimum absolute atomic E-state index is 0.290. The smallest absolute Gasteiger partial charge is 0.410 e. The molecule has 3 heterocycles. The van der Waals surface area contributed by atoms with Gasteiger partial charge in [-0.1, -0.05) is 32.0 Å². The summed E-state index contributed by atoms with van der Waals surface area (Å²) >= 11 is 0. The number of aromatic amines is 1. The molecule has 1 N–H and O–H groups in total. The number of aromatic nitrogens is 3. The van der Waals surface area contributed by atoms with Gasteiger partial charge >= 0.3 is 6.09 Å². The van der Waals surface area contributed by atoms with Crippen LogP contribution in [0.1, 0.15) is 57.0 Å². The van der Waals surface area contributed by atoms with Crippen molar-refractivity contribution >= 4 is 17.0 Å². The van der Waals surface area contributed by atoms with Gasteiger partial charge in [-0.2, -0.15) is 5.10 Å². The molecule has 7 heteroatoms. The summed E-state index contributed by atoms with van der Waals surface area (Å²) in [5, 5.41) is 6.27. The number of carbonyl (C=O) groups excluding carboxylic acids is 1. The van der Waals surface area contributed by atoms with Crippen LogP contribution in [0.4, 0.5) is 4.79 Å². The van der Waals surface area contributed by atoms with Crippen molar-refractivity contribution in [1.29, 1.82) is 0 Å². The van der Waals surface area contributed by atoms with Gasteiger partial charge in [0.25, 0.3) is 0 Å². The predicted molar refractivity (Wildman–Crippen MR) is 147 cm³/mol. The standard InChI is InChI=1S/C30H36N4O3/c1-7-19-10-9-11-20(8-2)27(19)34-28(22-12-13-25(36-6)26-21(22)14-16-31-26)23-18-33(17-15-24(23)32-34)29(35)37-30(3,4)5/h9-14,16,31H,7-8,15,17-18H2,1-6H3. The summed E-state index contributed by atoms with van der Waals surface area (Å²) in [6.45, 7) is 11.1. The van der Waals surface area contributed by atoms with Gasteiger partial charge in [0.1, 0.15) is 11.4 Å². The van der Waals surface area contributed by atoms with Crippen molar-refractivity contribution in [3.05, 3.63) is 65.0 Å². The van der Waals surface area contributed by atoms with Crippen molar-refractivity contribution < 1.29 is 14.3 Å². The topological polar surface area (TPSA) is 72.4 Å². The number of H-pyrrole nitrogens is 1. The van der Waals surface area contributed by atoms with Crippen LogP contribution < -0.4 is 4.74 Å². The molecule has 2 aromatic heterocycles. The fraction of sp³-hybridized carbons (Fsp3) is 0.400. The molecule has 0 bridgehead atoms. The van der Waals surface area contributed by atoms with E-state index < -0.39 is 5.60 Å². The Morgan fingerprint density at radius 3 is 2.46 bits per heavy atom. The number of para-hydroxylation sites is 1. The average molecular weight is 501 g/mol. The van der Waals surface area contributed by atoms with Gasteiger partial charge in [0.05, 0.1) is 36.2 Å². The number of hydrogen-bond acceptors (Lipinski definition) is 4. The maximum atomic E-state index is 13.1. The van der Waals surface area contributed by atoms with Crippen molar-refractivity contribution in [3.8, 4) is 22.7 Å². The molecule has 37 heavy (non-hydrogen) atoms. The molecule has 0 unspecified atom stereocenters. The van der Waals surface area contributed by atoms with E-state index in [2.05, 4.69) is 53.8 Å². The van der Waals surface area contributed by atoms with E-state index >= 15 is 0 Å². The van der Waals surface area contributed by atoms with E-state index in [-0.39, 0.29) is 6.09 Å². The number of ether oxygens (including phenoxy) is 2. The summed E-state index contributed by atoms with van der Waals surface area (Å²) < 4.78 is 13.5. The minimum Gasteiger partial charge on any atom is -0.495 e. The third-order valence-corrected chi connectivity index (χ3v) is 7.02. The average Bonchev–Trinajstić information content (AvgIpc) is 3.51. The van der Waals surface area contributed by atoms with E-state index in [1.54, 1.807) is 12.0 Å². The molecule has 7 nitrogen and oxygen atoms in total. The second kappa shape index (κ2) is 9.61. The normalized spacial score (nSPS) is 13.6. The van der Waals surface area contributed by atoms with Gasteiger partial charge in [0.15, 0.2) is 0 Å². The maximum absolute atomic E-state index is 13.1. The van der Waals surface area contributed by atoms with Crippen molar-refractivity contribution in [2.75, 3.05) is 13.7 Å². The number of fused-ring (bicyclic) bond motifs is 2. The third kappa shape index (κ3) is 4.47. The van der Waals surface area contributed by atoms with E-state index in [1.165, 1.54) is 11.1 Å². The SMILES string of the molecule is CCc1cccc(CC)c1-n1nc2c(c1-c1ccc(OC)c3[nH]ccc13)CN(C(=O)OC(C)(C)C)CC2. The maximum Gasteiger partial charge on any atom is 0.410 e. The molecule has 5 rings (SSSR count). The summed E-state index contributed by atoms with van der Waals surface area (Å²) in [5.74, 6) is 0.794. The van der Waals surface area contributed by atoms with Crippen LogP contribution in [0.2, 0.25) is 0 Å². The molecule has 0 aliphatic carbocycles. The summed E-state index contributed by atoms with van der Waals surface area (Å²) in [6, 6.07) is 12.7. The highest BCUT2D eigenvalue weighted by molar-refractivity contribution is 5.99. The van der Waals surface area contributed by atoms with Crippen LogP contribution in [0.3, 0.4) is 0 Å². The lowest BCUT2D eigenvalue weighted by molar-refractivity contribution is 0.0224. The van der Waals surface area contributed by atoms with Gasteiger partial charge in [0.2, 0.25) is 0 Å². The molecule has 1 aliphatic rings. The molecular weight excluding hydrogens is 464 g/mol. The highest BCUT2D eigenvalue weighted by Crippen LogP contribution is 2.40. The monoisotopic (exact) mass is 500 g/mol. The zero-order valence-electron chi connectivity index (χ0n) is 22.6. The lowest BCUT2D eigenvalue weighted by Gasteiger charge is -2.30. The second-order valence-corrected chi connectivity index (χ2v) is 10.6. The van der Waals surface area contributed by atoms with Gasteiger partial charge < -0.3 is 19.4 Å². The van der Waals surface area contributed by atoms with E-state index in [4.69, 9.17) is 14.6 Å². The van der Waals surface area contributed by atoms with Crippen molar-refractivity contribution in [2.45, 2.75) is 66.0 Å². The summed E-state index contributed by atoms with van der Waals surface area (Å²) in [4.78, 5) is 18.2. The number of nitrogens with zero attached hydrogens (tertiary/aromatic N) is 3. The number of hydrogen-bond donors (Lipinski definition) is 1. The first-order valence-electron chi connectivity index (χ1n) is 13.1. The van der Waals surface area contributed by atoms with E-state index in [0.29, 0.717) is 19.5 Å². The molecular formula is C30H36N4O3. The van der Waals surface area contributed by atoms with Crippen molar-refractivity contribution in [2.24, 2.45) is 0 Å². The quantitative estimate of drug-likeness (QED) is 0.342. The zero-order valence-corrected chi connectivity index (χ0v) is 22.6. The fourth-order valence-corrected chi connectivity index (χ4v) is 5.29. The van der Waals surface area contributed by atoms with Crippen molar-refractivity contribution in [1.82, 2.24) is 19.7 Å². The van der Waals surface area contributed by atoms with Crippen LogP contribution in [0, 0.1) is 0 Å². The van der Waals surface area contributed by atoms with Gasteiger partial charge in [0, 0.05) is 35.7 Å². The molecule has 0 atom stereocenters. The van der Waals surface area contributed by atoms with E-state index in [1.807, 2.05) is 33.0 Å². The Labute approximate surface area is 218 Å². The third-order valence-electron chi connectivity index (χ3n) is 7.02. The molecule has 0 radical (unpaired) electrons. The van der Waals surface area contributed by atoms with Gasteiger partial charge in [-0.15, -0.1) is 0 Å². The lowest BCUT2D eigenvalue weighted by atomic mass is 9.97. The summed E-state index contributed by atoms with van der Waals surface area (Å²) in [5.41, 5.74) is 8.22. The first-order valence-corrected chi connectivity index (χ1v) is 13.1. The Morgan fingerprint density at radius 2 is 1.81 bits per heavy atom. The number of nitrogens with one attached hydrogen (secondary N) is 1. The predicted octanol–water partition coefficient (Wildman–Crippen LogP) is 6.45. The Kier molecular flexibility index (Phi) is 6.48. The zero-order chi connectivity index (χ0) is 26.3. The largest absolute Gasteiger partial charge is 0.495 e. The molecule has 0 spiro atoms. The molecule has 0 saturated carbocycles. The van der Waals surface area contributed by atoms with Crippen LogP contribution in [0.15, 0.2) is 42.6 Å². The van der Waals surface area contributed by atoms with Crippen LogP contribution in [0.5, 0.6) is 5.75 Å². The highest BCUT2D eigenvalue weighted by atomic mass is 16.6. The summed E-state index contributed by atoms with van der Waals surface area (Å²) in [6.07, 6.45) is 4.13. The molecule has 4 aromatic rings. The van der Waals surface area contributed by atoms with Crippen LogP contribution in [0.25, 0.3) is 27.8 Å².